The van der Waals surface area contributed by atoms with Crippen molar-refractivity contribution in [3.8, 4) is 5.88 Å². The van der Waals surface area contributed by atoms with Gasteiger partial charge in [-0.25, -0.2) is 9.29 Å². The molecule has 1 aliphatic heterocycles. The van der Waals surface area contributed by atoms with Crippen LogP contribution in [0.15, 0.2) is 34.2 Å². The third kappa shape index (κ3) is 3.48. The Labute approximate surface area is 152 Å². The first-order valence-corrected chi connectivity index (χ1v) is 8.89. The van der Waals surface area contributed by atoms with Crippen LogP contribution in [0.1, 0.15) is 25.3 Å². The summed E-state index contributed by atoms with van der Waals surface area (Å²) in [7, 11) is 0. The molecule has 1 aromatic carbocycles. The van der Waals surface area contributed by atoms with E-state index < -0.39 is 28.4 Å². The number of nitrogens with zero attached hydrogens (tertiary/aromatic N) is 2. The third-order valence-corrected chi connectivity index (χ3v) is 4.99. The standard InChI is InChI=1S/C17H16FN3O4S/c1-2-3-11-14(23)19-17(20-15(11)24)26-12-8-13(22)21(16(12)25)10-6-4-9(18)5-7-10/h4-7,12H,2-3,8H2,1H3,(H2,19,20,23,24)/t12-/m0/s1. The molecule has 0 bridgehead atoms. The number of carbonyl (C=O) groups excluding carboxylic acids is 2. The Balaban J connectivity index is 1.81. The minimum atomic E-state index is -0.785. The molecule has 7 nitrogen and oxygen atoms in total. The number of aromatic amines is 1. The summed E-state index contributed by atoms with van der Waals surface area (Å²) in [4.78, 5) is 44.2. The van der Waals surface area contributed by atoms with Gasteiger partial charge in [0.1, 0.15) is 11.1 Å². The van der Waals surface area contributed by atoms with Gasteiger partial charge < -0.3 is 10.1 Å². The van der Waals surface area contributed by atoms with E-state index >= 15 is 0 Å². The quantitative estimate of drug-likeness (QED) is 0.610. The SMILES string of the molecule is CCCc1c(O)nc(S[C@H]2CC(=O)N(c3ccc(F)cc3)C2=O)[nH]c1=O. The maximum absolute atomic E-state index is 13.0. The maximum Gasteiger partial charge on any atom is 0.258 e. The number of nitrogens with one attached hydrogen (secondary N) is 1. The van der Waals surface area contributed by atoms with E-state index in [1.54, 1.807) is 0 Å². The Morgan fingerprint density at radius 2 is 2.00 bits per heavy atom. The number of H-pyrrole nitrogens is 1. The summed E-state index contributed by atoms with van der Waals surface area (Å²) in [6.45, 7) is 1.87. The number of hydrogen-bond donors (Lipinski definition) is 2. The van der Waals surface area contributed by atoms with Gasteiger partial charge in [-0.15, -0.1) is 0 Å². The van der Waals surface area contributed by atoms with Crippen LogP contribution in [0.25, 0.3) is 0 Å². The fourth-order valence-corrected chi connectivity index (χ4v) is 3.68. The van der Waals surface area contributed by atoms with Crippen LogP contribution in [0, 0.1) is 5.82 Å². The molecule has 1 aliphatic rings. The van der Waals surface area contributed by atoms with Crippen LogP contribution in [0.2, 0.25) is 0 Å². The number of hydrogen-bond acceptors (Lipinski definition) is 6. The van der Waals surface area contributed by atoms with E-state index in [9.17, 15) is 23.9 Å². The number of anilines is 1. The molecule has 0 unspecified atom stereocenters. The van der Waals surface area contributed by atoms with Gasteiger partial charge in [-0.05, 0) is 30.7 Å². The maximum atomic E-state index is 13.0. The second-order valence-electron chi connectivity index (χ2n) is 5.78. The molecule has 3 rings (SSSR count). The van der Waals surface area contributed by atoms with Crippen LogP contribution in [-0.4, -0.2) is 32.1 Å². The first-order chi connectivity index (χ1) is 12.4. The summed E-state index contributed by atoms with van der Waals surface area (Å²) in [5.74, 6) is -1.74. The molecule has 136 valence electrons. The normalized spacial score (nSPS) is 17.2. The Hall–Kier alpha value is -2.68. The number of carbonyl (C=O) groups is 2. The van der Waals surface area contributed by atoms with Gasteiger partial charge in [0.05, 0.1) is 11.3 Å². The lowest BCUT2D eigenvalue weighted by molar-refractivity contribution is -0.121. The highest BCUT2D eigenvalue weighted by molar-refractivity contribution is 8.00. The molecule has 2 aromatic rings. The van der Waals surface area contributed by atoms with Crippen LogP contribution in [0.5, 0.6) is 5.88 Å². The number of imide groups is 1. The van der Waals surface area contributed by atoms with Crippen LogP contribution < -0.4 is 10.5 Å². The fraction of sp³-hybridized carbons (Fsp3) is 0.294. The summed E-state index contributed by atoms with van der Waals surface area (Å²) in [6, 6.07) is 5.03. The van der Waals surface area contributed by atoms with Crippen molar-refractivity contribution in [3.63, 3.8) is 0 Å². The highest BCUT2D eigenvalue weighted by Gasteiger charge is 2.40. The lowest BCUT2D eigenvalue weighted by Crippen LogP contribution is -2.31. The smallest absolute Gasteiger partial charge is 0.258 e. The van der Waals surface area contributed by atoms with Crippen LogP contribution in [0.3, 0.4) is 0 Å². The summed E-state index contributed by atoms with van der Waals surface area (Å²) in [5, 5.41) is 9.19. The van der Waals surface area contributed by atoms with Gasteiger partial charge in [-0.2, -0.15) is 4.98 Å². The monoisotopic (exact) mass is 377 g/mol. The molecule has 2 heterocycles. The molecule has 1 atom stereocenters. The number of aromatic hydroxyl groups is 1. The van der Waals surface area contributed by atoms with Gasteiger partial charge in [-0.1, -0.05) is 25.1 Å². The molecule has 1 saturated heterocycles. The molecule has 9 heteroatoms. The van der Waals surface area contributed by atoms with Gasteiger partial charge in [0.15, 0.2) is 5.16 Å². The molecule has 1 fully saturated rings. The van der Waals surface area contributed by atoms with Crippen molar-refractivity contribution < 1.29 is 19.1 Å². The molecular weight excluding hydrogens is 361 g/mol. The van der Waals surface area contributed by atoms with Crippen LogP contribution >= 0.6 is 11.8 Å². The Kier molecular flexibility index (Phi) is 5.08. The van der Waals surface area contributed by atoms with Crippen molar-refractivity contribution in [1.29, 1.82) is 0 Å². The molecule has 0 spiro atoms. The van der Waals surface area contributed by atoms with Crippen molar-refractivity contribution >= 4 is 29.3 Å². The van der Waals surface area contributed by atoms with Crippen molar-refractivity contribution in [2.75, 3.05) is 4.90 Å². The first kappa shape index (κ1) is 18.1. The van der Waals surface area contributed by atoms with Crippen molar-refractivity contribution in [3.05, 3.63) is 46.0 Å². The number of benzene rings is 1. The molecule has 0 radical (unpaired) electrons. The van der Waals surface area contributed by atoms with Crippen molar-refractivity contribution in [2.45, 2.75) is 36.6 Å². The average molecular weight is 377 g/mol. The van der Waals surface area contributed by atoms with Crippen LogP contribution in [-0.2, 0) is 16.0 Å². The van der Waals surface area contributed by atoms with E-state index in [1.807, 2.05) is 6.92 Å². The molecule has 0 aliphatic carbocycles. The largest absolute Gasteiger partial charge is 0.493 e. The second kappa shape index (κ2) is 7.28. The summed E-state index contributed by atoms with van der Waals surface area (Å²) in [5.41, 5.74) is 0.0136. The van der Waals surface area contributed by atoms with Gasteiger partial charge in [0, 0.05) is 6.42 Å². The van der Waals surface area contributed by atoms with Crippen LogP contribution in [0.4, 0.5) is 10.1 Å². The Morgan fingerprint density at radius 1 is 1.31 bits per heavy atom. The zero-order valence-electron chi connectivity index (χ0n) is 13.9. The molecule has 0 saturated carbocycles. The fourth-order valence-electron chi connectivity index (χ4n) is 2.69. The lowest BCUT2D eigenvalue weighted by atomic mass is 10.2. The lowest BCUT2D eigenvalue weighted by Gasteiger charge is -2.14. The van der Waals surface area contributed by atoms with Gasteiger partial charge >= 0.3 is 0 Å². The highest BCUT2D eigenvalue weighted by Crippen LogP contribution is 2.32. The Morgan fingerprint density at radius 3 is 2.62 bits per heavy atom. The predicted octanol–water partition coefficient (Wildman–Crippen LogP) is 1.99. The topological polar surface area (TPSA) is 103 Å². The molecule has 2 N–H and O–H groups in total. The predicted molar refractivity (Wildman–Crippen MR) is 93.7 cm³/mol. The number of amides is 2. The van der Waals surface area contributed by atoms with E-state index in [1.165, 1.54) is 24.3 Å². The van der Waals surface area contributed by atoms with E-state index in [2.05, 4.69) is 9.97 Å². The summed E-state index contributed by atoms with van der Waals surface area (Å²) >= 11 is 0.907. The number of thioether (sulfide) groups is 1. The third-order valence-electron chi connectivity index (χ3n) is 3.92. The molecule has 1 aromatic heterocycles. The van der Waals surface area contributed by atoms with Gasteiger partial charge in [0.2, 0.25) is 17.7 Å². The Bertz CT molecular complexity index is 913. The second-order valence-corrected chi connectivity index (χ2v) is 6.97. The minimum absolute atomic E-state index is 0.0689. The molecular formula is C17H16FN3O4S. The van der Waals surface area contributed by atoms with E-state index in [0.29, 0.717) is 12.8 Å². The minimum Gasteiger partial charge on any atom is -0.493 e. The number of rotatable bonds is 5. The van der Waals surface area contributed by atoms with Gasteiger partial charge in [0.25, 0.3) is 5.56 Å². The zero-order chi connectivity index (χ0) is 18.8. The summed E-state index contributed by atoms with van der Waals surface area (Å²) in [6.07, 6.45) is 0.980. The van der Waals surface area contributed by atoms with Gasteiger partial charge in [-0.3, -0.25) is 14.4 Å². The van der Waals surface area contributed by atoms with E-state index in [4.69, 9.17) is 0 Å². The first-order valence-electron chi connectivity index (χ1n) is 8.02. The highest BCUT2D eigenvalue weighted by atomic mass is 32.2. The van der Waals surface area contributed by atoms with Crippen molar-refractivity contribution in [1.82, 2.24) is 9.97 Å². The molecule has 2 amide bonds. The summed E-state index contributed by atoms with van der Waals surface area (Å²) < 4.78 is 13.0. The van der Waals surface area contributed by atoms with Crippen molar-refractivity contribution in [2.24, 2.45) is 0 Å². The number of aromatic nitrogens is 2. The number of halogens is 1. The molecule has 26 heavy (non-hydrogen) atoms. The zero-order valence-corrected chi connectivity index (χ0v) is 14.7. The van der Waals surface area contributed by atoms with E-state index in [0.717, 1.165) is 16.7 Å². The van der Waals surface area contributed by atoms with E-state index in [-0.39, 0.29) is 28.7 Å². The average Bonchev–Trinajstić information content (AvgIpc) is 2.86.